The molecule has 3 aromatic rings. The number of nitriles is 1. The summed E-state index contributed by atoms with van der Waals surface area (Å²) in [5, 5.41) is 13.1. The molecule has 2 atom stereocenters. The van der Waals surface area contributed by atoms with E-state index >= 15 is 0 Å². The Labute approximate surface area is 165 Å². The number of anilines is 1. The molecule has 0 radical (unpaired) electrons. The average Bonchev–Trinajstić information content (AvgIpc) is 3.26. The van der Waals surface area contributed by atoms with Crippen molar-refractivity contribution in [1.82, 2.24) is 9.88 Å². The fraction of sp³-hybridized carbons (Fsp3) is 0.182. The lowest BCUT2D eigenvalue weighted by atomic mass is 9.74. The van der Waals surface area contributed by atoms with E-state index in [9.17, 15) is 19.2 Å². The Bertz CT molecular complexity index is 1230. The van der Waals surface area contributed by atoms with Crippen LogP contribution < -0.4 is 5.32 Å². The first kappa shape index (κ1) is 17.3. The first-order valence-electron chi connectivity index (χ1n) is 9.18. The molecule has 1 fully saturated rings. The molecule has 1 N–H and O–H groups in total. The number of hydrogen-bond acceptors (Lipinski definition) is 4. The fourth-order valence-corrected chi connectivity index (χ4v) is 4.40. The third-order valence-corrected chi connectivity index (χ3v) is 5.83. The van der Waals surface area contributed by atoms with Crippen LogP contribution in [-0.2, 0) is 10.2 Å². The molecule has 1 aromatic heterocycles. The predicted molar refractivity (Wildman–Crippen MR) is 103 cm³/mol. The van der Waals surface area contributed by atoms with Crippen LogP contribution in [0, 0.1) is 23.1 Å². The van der Waals surface area contributed by atoms with E-state index in [4.69, 9.17) is 0 Å². The van der Waals surface area contributed by atoms with Gasteiger partial charge < -0.3 is 10.2 Å². The molecule has 1 spiro atoms. The number of halogens is 1. The largest absolute Gasteiger partial charge is 0.336 e. The maximum atomic E-state index is 13.5. The van der Waals surface area contributed by atoms with E-state index < -0.39 is 17.2 Å². The van der Waals surface area contributed by atoms with Gasteiger partial charge in [-0.25, -0.2) is 4.39 Å². The Hall–Kier alpha value is -3.79. The van der Waals surface area contributed by atoms with Gasteiger partial charge in [0.05, 0.1) is 23.1 Å². The summed E-state index contributed by atoms with van der Waals surface area (Å²) in [6.07, 6.45) is 1.44. The number of pyridine rings is 1. The topological polar surface area (TPSA) is 86.1 Å². The minimum atomic E-state index is -1.09. The molecular formula is C22H15FN4O2. The van der Waals surface area contributed by atoms with Crippen molar-refractivity contribution < 1.29 is 14.0 Å². The van der Waals surface area contributed by atoms with Gasteiger partial charge in [-0.05, 0) is 35.9 Å². The Balaban J connectivity index is 1.53. The van der Waals surface area contributed by atoms with Crippen molar-refractivity contribution in [3.8, 4) is 6.07 Å². The number of rotatable bonds is 1. The summed E-state index contributed by atoms with van der Waals surface area (Å²) in [6.45, 7) is 0.242. The highest BCUT2D eigenvalue weighted by Crippen LogP contribution is 2.47. The second-order valence-corrected chi connectivity index (χ2v) is 7.40. The lowest BCUT2D eigenvalue weighted by Gasteiger charge is -2.24. The maximum absolute atomic E-state index is 13.5. The van der Waals surface area contributed by atoms with Crippen LogP contribution in [0.5, 0.6) is 0 Å². The molecule has 2 aromatic carbocycles. The van der Waals surface area contributed by atoms with Gasteiger partial charge in [-0.2, -0.15) is 5.26 Å². The van der Waals surface area contributed by atoms with Gasteiger partial charge in [-0.3, -0.25) is 14.6 Å². The number of nitrogens with zero attached hydrogens (tertiary/aromatic N) is 3. The summed E-state index contributed by atoms with van der Waals surface area (Å²) in [4.78, 5) is 31.8. The molecule has 0 unspecified atom stereocenters. The van der Waals surface area contributed by atoms with Crippen LogP contribution in [0.25, 0.3) is 10.9 Å². The second-order valence-electron chi connectivity index (χ2n) is 7.40. The van der Waals surface area contributed by atoms with Crippen molar-refractivity contribution in [2.75, 3.05) is 18.4 Å². The molecule has 0 bridgehead atoms. The van der Waals surface area contributed by atoms with Gasteiger partial charge in [0.25, 0.3) is 5.91 Å². The summed E-state index contributed by atoms with van der Waals surface area (Å²) < 4.78 is 13.5. The van der Waals surface area contributed by atoms with Gasteiger partial charge in [0.1, 0.15) is 11.2 Å². The number of aromatic nitrogens is 1. The molecule has 1 saturated heterocycles. The van der Waals surface area contributed by atoms with Crippen molar-refractivity contribution in [3.63, 3.8) is 0 Å². The van der Waals surface area contributed by atoms with E-state index in [1.807, 2.05) is 18.2 Å². The number of hydrogen-bond donors (Lipinski definition) is 1. The molecule has 5 rings (SSSR count). The highest BCUT2D eigenvalue weighted by molar-refractivity contribution is 6.08. The Kier molecular flexibility index (Phi) is 3.65. The van der Waals surface area contributed by atoms with Gasteiger partial charge in [0, 0.05) is 30.4 Å². The zero-order chi connectivity index (χ0) is 20.2. The molecule has 6 nitrogen and oxygen atoms in total. The molecule has 2 aliphatic rings. The van der Waals surface area contributed by atoms with Crippen LogP contribution >= 0.6 is 0 Å². The van der Waals surface area contributed by atoms with Crippen LogP contribution in [-0.4, -0.2) is 34.8 Å². The summed E-state index contributed by atoms with van der Waals surface area (Å²) in [7, 11) is 0. The summed E-state index contributed by atoms with van der Waals surface area (Å²) in [5.74, 6) is -1.68. The Morgan fingerprint density at radius 1 is 1.28 bits per heavy atom. The quantitative estimate of drug-likeness (QED) is 0.697. The lowest BCUT2D eigenvalue weighted by molar-refractivity contribution is -0.121. The van der Waals surface area contributed by atoms with Gasteiger partial charge in [-0.1, -0.05) is 18.2 Å². The summed E-state index contributed by atoms with van der Waals surface area (Å²) in [5.41, 5.74) is 1.21. The number of carbonyl (C=O) groups excluding carboxylic acids is 2. The molecule has 7 heteroatoms. The Morgan fingerprint density at radius 3 is 2.93 bits per heavy atom. The van der Waals surface area contributed by atoms with Crippen molar-refractivity contribution in [2.45, 2.75) is 5.41 Å². The third-order valence-electron chi connectivity index (χ3n) is 5.83. The zero-order valence-corrected chi connectivity index (χ0v) is 15.2. The number of nitrogens with one attached hydrogen (secondary N) is 1. The minimum Gasteiger partial charge on any atom is -0.336 e. The number of benzene rings is 2. The van der Waals surface area contributed by atoms with Crippen molar-refractivity contribution >= 4 is 28.4 Å². The van der Waals surface area contributed by atoms with E-state index in [0.717, 1.165) is 5.56 Å². The standard InChI is InChI=1S/C22H15FN4O2/c23-16-5-6-18-13(8-16)7-14(10-25-18)20(28)27-11-15(9-24)22(12-27)17-3-1-2-4-19(17)26-21(22)29/h1-8,10,15H,11-12H2,(H,26,29)/t15-,22+/m1/s1. The fourth-order valence-electron chi connectivity index (χ4n) is 4.40. The lowest BCUT2D eigenvalue weighted by Crippen LogP contribution is -2.42. The Morgan fingerprint density at radius 2 is 2.10 bits per heavy atom. The molecule has 142 valence electrons. The molecular weight excluding hydrogens is 371 g/mol. The number of carbonyl (C=O) groups is 2. The third kappa shape index (κ3) is 2.42. The average molecular weight is 386 g/mol. The monoisotopic (exact) mass is 386 g/mol. The van der Waals surface area contributed by atoms with Crippen LogP contribution in [0.15, 0.2) is 54.7 Å². The molecule has 0 saturated carbocycles. The SMILES string of the molecule is N#C[C@@H]1CN(C(=O)c2cnc3ccc(F)cc3c2)C[C@]12C(=O)Nc1ccccc12. The van der Waals surface area contributed by atoms with E-state index in [2.05, 4.69) is 16.4 Å². The van der Waals surface area contributed by atoms with Crippen molar-refractivity contribution in [3.05, 3.63) is 71.7 Å². The van der Waals surface area contributed by atoms with E-state index in [0.29, 0.717) is 22.2 Å². The summed E-state index contributed by atoms with van der Waals surface area (Å²) in [6, 6.07) is 15.3. The van der Waals surface area contributed by atoms with Gasteiger partial charge >= 0.3 is 0 Å². The smallest absolute Gasteiger partial charge is 0.255 e. The van der Waals surface area contributed by atoms with Crippen LogP contribution in [0.4, 0.5) is 10.1 Å². The van der Waals surface area contributed by atoms with Crippen molar-refractivity contribution in [1.29, 1.82) is 5.26 Å². The molecule has 2 amide bonds. The normalized spacial score (nSPS) is 22.6. The highest BCUT2D eigenvalue weighted by atomic mass is 19.1. The number of para-hydroxylation sites is 1. The van der Waals surface area contributed by atoms with Gasteiger partial charge in [0.15, 0.2) is 0 Å². The number of amides is 2. The van der Waals surface area contributed by atoms with Gasteiger partial charge in [0.2, 0.25) is 5.91 Å². The van der Waals surface area contributed by atoms with Crippen LogP contribution in [0.3, 0.4) is 0 Å². The first-order valence-corrected chi connectivity index (χ1v) is 9.18. The van der Waals surface area contributed by atoms with E-state index in [1.54, 1.807) is 18.2 Å². The van der Waals surface area contributed by atoms with Crippen LogP contribution in [0.1, 0.15) is 15.9 Å². The molecule has 29 heavy (non-hydrogen) atoms. The van der Waals surface area contributed by atoms with E-state index in [1.165, 1.54) is 23.2 Å². The van der Waals surface area contributed by atoms with Crippen LogP contribution in [0.2, 0.25) is 0 Å². The summed E-state index contributed by atoms with van der Waals surface area (Å²) >= 11 is 0. The predicted octanol–water partition coefficient (Wildman–Crippen LogP) is 2.86. The minimum absolute atomic E-state index is 0.105. The second kappa shape index (κ2) is 6.11. The van der Waals surface area contributed by atoms with Gasteiger partial charge in [-0.15, -0.1) is 0 Å². The van der Waals surface area contributed by atoms with Crippen molar-refractivity contribution in [2.24, 2.45) is 5.92 Å². The maximum Gasteiger partial charge on any atom is 0.255 e. The highest BCUT2D eigenvalue weighted by Gasteiger charge is 2.58. The number of likely N-dealkylation sites (tertiary alicyclic amines) is 1. The first-order chi connectivity index (χ1) is 14.0. The molecule has 0 aliphatic carbocycles. The molecule has 2 aliphatic heterocycles. The molecule has 3 heterocycles. The zero-order valence-electron chi connectivity index (χ0n) is 15.2. The van der Waals surface area contributed by atoms with E-state index in [-0.39, 0.29) is 24.9 Å². The number of fused-ring (bicyclic) bond motifs is 3.